The van der Waals surface area contributed by atoms with Gasteiger partial charge < -0.3 is 44.5 Å². The summed E-state index contributed by atoms with van der Waals surface area (Å²) in [4.78, 5) is 53.0. The molecular formula is C41H66O13. The van der Waals surface area contributed by atoms with Crippen LogP contribution in [0.25, 0.3) is 0 Å². The second-order valence-corrected chi connectivity index (χ2v) is 16.0. The lowest BCUT2D eigenvalue weighted by molar-refractivity contribution is -0.289. The molecule has 13 heteroatoms. The summed E-state index contributed by atoms with van der Waals surface area (Å²) in [5.74, 6) is -6.35. The average Bonchev–Trinajstić information content (AvgIpc) is 3.10. The van der Waals surface area contributed by atoms with Gasteiger partial charge >= 0.3 is 5.97 Å². The van der Waals surface area contributed by atoms with Crippen LogP contribution in [0.3, 0.4) is 0 Å². The van der Waals surface area contributed by atoms with Crippen LogP contribution < -0.4 is 0 Å². The van der Waals surface area contributed by atoms with Gasteiger partial charge in [0.2, 0.25) is 0 Å². The van der Waals surface area contributed by atoms with Crippen LogP contribution in [0.5, 0.6) is 0 Å². The summed E-state index contributed by atoms with van der Waals surface area (Å²) in [7, 11) is 1.49. The van der Waals surface area contributed by atoms with Crippen LogP contribution in [0.1, 0.15) is 94.9 Å². The van der Waals surface area contributed by atoms with Gasteiger partial charge in [-0.15, -0.1) is 0 Å². The third-order valence-electron chi connectivity index (χ3n) is 11.1. The summed E-state index contributed by atoms with van der Waals surface area (Å²) in [6, 6.07) is 0. The molecule has 308 valence electrons. The monoisotopic (exact) mass is 766 g/mol. The van der Waals surface area contributed by atoms with Crippen molar-refractivity contribution in [3.63, 3.8) is 0 Å². The van der Waals surface area contributed by atoms with Crippen molar-refractivity contribution in [2.24, 2.45) is 35.5 Å². The SMILES string of the molecule is CO[C@H]1C[C@@H](C)O[C@@H](OC2C(C)/C=C/C(=O)C(C)/C=C(\C)C(=O)C(C)C(O)CC(=O)OC(C(C)C(C)O)C(C)C(O)C/C=C/C(=O)C(C)(O)CC2C)[C@@H]1O. The third-order valence-corrected chi connectivity index (χ3v) is 11.1. The van der Waals surface area contributed by atoms with E-state index in [4.69, 9.17) is 18.9 Å². The molecule has 1 saturated heterocycles. The second-order valence-electron chi connectivity index (χ2n) is 16.0. The molecule has 2 rings (SSSR count). The van der Waals surface area contributed by atoms with Crippen LogP contribution in [0.15, 0.2) is 36.0 Å². The zero-order chi connectivity index (χ0) is 41.2. The molecule has 54 heavy (non-hydrogen) atoms. The maximum atomic E-state index is 13.4. The van der Waals surface area contributed by atoms with Crippen molar-refractivity contribution in [2.45, 2.75) is 156 Å². The van der Waals surface area contributed by atoms with Gasteiger partial charge in [-0.2, -0.15) is 0 Å². The first-order valence-electron chi connectivity index (χ1n) is 19.2. The van der Waals surface area contributed by atoms with Crippen LogP contribution >= 0.6 is 0 Å². The molecular weight excluding hydrogens is 700 g/mol. The Balaban J connectivity index is 2.56. The minimum absolute atomic E-state index is 0.0470. The van der Waals surface area contributed by atoms with Crippen molar-refractivity contribution in [1.29, 1.82) is 0 Å². The molecule has 0 bridgehead atoms. The molecule has 0 aromatic carbocycles. The van der Waals surface area contributed by atoms with Crippen molar-refractivity contribution < 1.29 is 63.7 Å². The van der Waals surface area contributed by atoms with Crippen LogP contribution in [-0.2, 0) is 38.1 Å². The summed E-state index contributed by atoms with van der Waals surface area (Å²) in [5, 5.41) is 54.7. The number of rotatable bonds is 5. The van der Waals surface area contributed by atoms with E-state index in [0.29, 0.717) is 6.42 Å². The molecule has 0 spiro atoms. The lowest BCUT2D eigenvalue weighted by Gasteiger charge is -2.41. The molecule has 0 amide bonds. The minimum atomic E-state index is -1.88. The number of carbonyl (C=O) groups is 4. The fourth-order valence-corrected chi connectivity index (χ4v) is 7.15. The van der Waals surface area contributed by atoms with Gasteiger partial charge in [-0.25, -0.2) is 0 Å². The highest BCUT2D eigenvalue weighted by Crippen LogP contribution is 2.32. The number of hydrogen-bond donors (Lipinski definition) is 5. The number of ketones is 3. The van der Waals surface area contributed by atoms with Gasteiger partial charge in [0.15, 0.2) is 23.6 Å². The largest absolute Gasteiger partial charge is 0.462 e. The molecule has 2 aliphatic heterocycles. The fourth-order valence-electron chi connectivity index (χ4n) is 7.15. The molecule has 0 saturated carbocycles. The van der Waals surface area contributed by atoms with Gasteiger partial charge in [0.25, 0.3) is 0 Å². The van der Waals surface area contributed by atoms with Gasteiger partial charge in [0.1, 0.15) is 17.8 Å². The van der Waals surface area contributed by atoms with E-state index < -0.39 is 114 Å². The van der Waals surface area contributed by atoms with Crippen LogP contribution in [-0.4, -0.2) is 117 Å². The van der Waals surface area contributed by atoms with Gasteiger partial charge in [-0.1, -0.05) is 59.8 Å². The number of methoxy groups -OCH3 is 1. The van der Waals surface area contributed by atoms with Gasteiger partial charge in [-0.05, 0) is 64.2 Å². The lowest BCUT2D eigenvalue weighted by atomic mass is 9.82. The van der Waals surface area contributed by atoms with Gasteiger partial charge in [0, 0.05) is 43.1 Å². The molecule has 2 aliphatic rings. The Morgan fingerprint density at radius 2 is 1.59 bits per heavy atom. The molecule has 0 radical (unpaired) electrons. The van der Waals surface area contributed by atoms with E-state index in [1.54, 1.807) is 40.7 Å². The highest BCUT2D eigenvalue weighted by atomic mass is 16.7. The Morgan fingerprint density at radius 1 is 0.963 bits per heavy atom. The number of hydrogen-bond acceptors (Lipinski definition) is 13. The summed E-state index contributed by atoms with van der Waals surface area (Å²) in [6.45, 7) is 16.2. The Morgan fingerprint density at radius 3 is 2.19 bits per heavy atom. The van der Waals surface area contributed by atoms with E-state index in [1.807, 2.05) is 6.92 Å². The highest BCUT2D eigenvalue weighted by molar-refractivity contribution is 5.99. The van der Waals surface area contributed by atoms with Crippen molar-refractivity contribution >= 4 is 23.3 Å². The molecule has 0 aliphatic carbocycles. The third kappa shape index (κ3) is 13.3. The smallest absolute Gasteiger partial charge is 0.308 e. The van der Waals surface area contributed by atoms with E-state index in [0.717, 1.165) is 0 Å². The zero-order valence-corrected chi connectivity index (χ0v) is 33.9. The molecule has 0 aromatic rings. The molecule has 12 unspecified atom stereocenters. The topological polar surface area (TPSA) is 206 Å². The van der Waals surface area contributed by atoms with E-state index in [-0.39, 0.29) is 30.3 Å². The lowest BCUT2D eigenvalue weighted by Crippen LogP contribution is -2.52. The predicted octanol–water partition coefficient (Wildman–Crippen LogP) is 3.41. The van der Waals surface area contributed by atoms with Crippen LogP contribution in [0.4, 0.5) is 0 Å². The molecule has 5 N–H and O–H groups in total. The number of ether oxygens (including phenoxy) is 4. The Kier molecular flexibility index (Phi) is 18.5. The number of allylic oxidation sites excluding steroid dienone is 3. The maximum Gasteiger partial charge on any atom is 0.308 e. The van der Waals surface area contributed by atoms with E-state index >= 15 is 0 Å². The number of aliphatic hydroxyl groups is 5. The first-order chi connectivity index (χ1) is 25.0. The quantitative estimate of drug-likeness (QED) is 0.255. The molecule has 1 fully saturated rings. The number of esters is 1. The van der Waals surface area contributed by atoms with E-state index in [9.17, 15) is 44.7 Å². The highest BCUT2D eigenvalue weighted by Gasteiger charge is 2.42. The van der Waals surface area contributed by atoms with Gasteiger partial charge in [-0.3, -0.25) is 19.2 Å². The summed E-state index contributed by atoms with van der Waals surface area (Å²) < 4.78 is 23.5. The Labute approximate surface area is 320 Å². The zero-order valence-electron chi connectivity index (χ0n) is 33.9. The van der Waals surface area contributed by atoms with E-state index in [1.165, 1.54) is 59.1 Å². The normalized spacial score (nSPS) is 42.5. The molecule has 16 atom stereocenters. The van der Waals surface area contributed by atoms with Crippen molar-refractivity contribution in [3.05, 3.63) is 36.0 Å². The van der Waals surface area contributed by atoms with Crippen molar-refractivity contribution in [3.8, 4) is 0 Å². The van der Waals surface area contributed by atoms with Gasteiger partial charge in [0.05, 0.1) is 43.0 Å². The Hall–Kier alpha value is -2.62. The standard InChI is InChI=1S/C41H66O13/c1-21-15-16-30(43)22(2)17-23(3)36(48)27(7)32(45)19-35(47)53-39(26(6)29(9)42)28(8)31(44)13-12-14-34(46)41(10,50)20-24(4)38(21)54-40-37(49)33(51-11)18-25(5)52-40/h12,14-17,21-22,24-29,31-33,37-40,42,44-45,49-50H,13,18-20H2,1-11H3/b14-12+,16-15+,23-17+/t21?,22?,24?,25-,26?,27?,28?,29?,31?,32?,33+,37-,38?,39?,40+,41?/m1/s1. The number of carbonyl (C=O) groups excluding carboxylic acids is 4. The molecule has 0 aromatic heterocycles. The van der Waals surface area contributed by atoms with Crippen molar-refractivity contribution in [2.75, 3.05) is 7.11 Å². The number of Topliss-reactive ketones (excluding diaryl/α,β-unsaturated/α-hetero) is 1. The first-order valence-corrected chi connectivity index (χ1v) is 19.2. The molecule has 13 nitrogen and oxygen atoms in total. The Bertz CT molecular complexity index is 1350. The first kappa shape index (κ1) is 47.5. The summed E-state index contributed by atoms with van der Waals surface area (Å²) in [6.07, 6.45) is -1.39. The number of aliphatic hydroxyl groups excluding tert-OH is 4. The summed E-state index contributed by atoms with van der Waals surface area (Å²) in [5.41, 5.74) is -1.65. The minimum Gasteiger partial charge on any atom is -0.462 e. The summed E-state index contributed by atoms with van der Waals surface area (Å²) >= 11 is 0. The average molecular weight is 767 g/mol. The second kappa shape index (κ2) is 21.1. The maximum absolute atomic E-state index is 13.4. The number of cyclic esters (lactones) is 1. The van der Waals surface area contributed by atoms with Crippen LogP contribution in [0, 0.1) is 35.5 Å². The predicted molar refractivity (Wildman–Crippen MR) is 201 cm³/mol. The van der Waals surface area contributed by atoms with Crippen LogP contribution in [0.2, 0.25) is 0 Å². The van der Waals surface area contributed by atoms with Crippen molar-refractivity contribution in [1.82, 2.24) is 0 Å². The fraction of sp³-hybridized carbons (Fsp3) is 0.756. The molecule has 2 heterocycles. The van der Waals surface area contributed by atoms with E-state index in [2.05, 4.69) is 0 Å².